The van der Waals surface area contributed by atoms with Crippen molar-refractivity contribution >= 4 is 5.91 Å². The molecule has 0 unspecified atom stereocenters. The molecule has 0 aromatic heterocycles. The Morgan fingerprint density at radius 2 is 1.84 bits per heavy atom. The lowest BCUT2D eigenvalue weighted by atomic mass is 10.0. The monoisotopic (exact) mass is 264 g/mol. The lowest BCUT2D eigenvalue weighted by molar-refractivity contribution is -0.124. The third-order valence-electron chi connectivity index (χ3n) is 2.94. The normalized spacial score (nSPS) is 10.6. The quantitative estimate of drug-likeness (QED) is 0.801. The molecule has 0 saturated heterocycles. The molecule has 0 spiro atoms. The molecule has 19 heavy (non-hydrogen) atoms. The second kappa shape index (κ2) is 7.14. The van der Waals surface area contributed by atoms with Crippen LogP contribution in [-0.4, -0.2) is 32.1 Å². The maximum absolute atomic E-state index is 11.5. The summed E-state index contributed by atoms with van der Waals surface area (Å²) in [4.78, 5) is 11.5. The van der Waals surface area contributed by atoms with Gasteiger partial charge in [-0.3, -0.25) is 10.2 Å². The van der Waals surface area contributed by atoms with Crippen LogP contribution in [0.4, 0.5) is 0 Å². The zero-order valence-corrected chi connectivity index (χ0v) is 12.5. The molecule has 1 N–H and O–H groups in total. The van der Waals surface area contributed by atoms with Crippen LogP contribution in [0.25, 0.3) is 0 Å². The van der Waals surface area contributed by atoms with Crippen LogP contribution in [-0.2, 0) is 11.2 Å². The Morgan fingerprint density at radius 1 is 1.26 bits per heavy atom. The van der Waals surface area contributed by atoms with Crippen LogP contribution in [0.15, 0.2) is 12.1 Å². The van der Waals surface area contributed by atoms with E-state index < -0.39 is 0 Å². The third-order valence-corrected chi connectivity index (χ3v) is 2.94. The van der Waals surface area contributed by atoms with Gasteiger partial charge in [0.1, 0.15) is 5.75 Å². The van der Waals surface area contributed by atoms with E-state index in [2.05, 4.69) is 17.6 Å². The fourth-order valence-electron chi connectivity index (χ4n) is 2.26. The summed E-state index contributed by atoms with van der Waals surface area (Å²) in [5.41, 5.74) is 6.30. The maximum Gasteiger partial charge on any atom is 0.234 e. The first kappa shape index (κ1) is 15.5. The molecule has 0 aliphatic rings. The molecule has 0 heterocycles. The minimum Gasteiger partial charge on any atom is -0.496 e. The lowest BCUT2D eigenvalue weighted by Crippen LogP contribution is -2.35. The maximum atomic E-state index is 11.5. The van der Waals surface area contributed by atoms with Gasteiger partial charge in [0.05, 0.1) is 7.11 Å². The van der Waals surface area contributed by atoms with Crippen LogP contribution in [0.1, 0.15) is 29.5 Å². The van der Waals surface area contributed by atoms with Gasteiger partial charge in [-0.15, -0.1) is 0 Å². The molecule has 0 atom stereocenters. The molecule has 0 aliphatic carbocycles. The number of aryl methyl sites for hydroxylation is 3. The second-order valence-electron chi connectivity index (χ2n) is 5.05. The van der Waals surface area contributed by atoms with Crippen molar-refractivity contribution in [2.24, 2.45) is 0 Å². The summed E-state index contributed by atoms with van der Waals surface area (Å²) >= 11 is 0. The first-order chi connectivity index (χ1) is 8.93. The van der Waals surface area contributed by atoms with Gasteiger partial charge >= 0.3 is 0 Å². The van der Waals surface area contributed by atoms with Gasteiger partial charge in [-0.1, -0.05) is 12.1 Å². The number of methoxy groups -OCH3 is 1. The standard InChI is InChI=1S/C15H24N2O2/c1-11-9-13(10-12(2)15(11)19-5)7-6-8-14(18)16-17(3)4/h9-10H,6-8H2,1-5H3,(H,16,18). The Balaban J connectivity index is 2.53. The van der Waals surface area contributed by atoms with Crippen molar-refractivity contribution in [3.8, 4) is 5.75 Å². The van der Waals surface area contributed by atoms with Crippen molar-refractivity contribution in [3.05, 3.63) is 28.8 Å². The van der Waals surface area contributed by atoms with E-state index in [4.69, 9.17) is 4.74 Å². The molecular weight excluding hydrogens is 240 g/mol. The second-order valence-corrected chi connectivity index (χ2v) is 5.05. The minimum atomic E-state index is 0.0620. The number of hydrogen-bond acceptors (Lipinski definition) is 3. The molecule has 0 fully saturated rings. The third kappa shape index (κ3) is 4.91. The van der Waals surface area contributed by atoms with Gasteiger partial charge < -0.3 is 4.74 Å². The number of hydrazine groups is 1. The highest BCUT2D eigenvalue weighted by molar-refractivity contribution is 5.75. The molecule has 1 aromatic carbocycles. The Bertz CT molecular complexity index is 419. The number of amides is 1. The fraction of sp³-hybridized carbons (Fsp3) is 0.533. The molecule has 106 valence electrons. The topological polar surface area (TPSA) is 41.6 Å². The summed E-state index contributed by atoms with van der Waals surface area (Å²) < 4.78 is 5.35. The molecule has 0 aliphatic heterocycles. The highest BCUT2D eigenvalue weighted by atomic mass is 16.5. The highest BCUT2D eigenvalue weighted by Crippen LogP contribution is 2.24. The van der Waals surface area contributed by atoms with Crippen LogP contribution in [0.3, 0.4) is 0 Å². The molecule has 4 nitrogen and oxygen atoms in total. The van der Waals surface area contributed by atoms with E-state index in [1.807, 2.05) is 27.9 Å². The van der Waals surface area contributed by atoms with Crippen molar-refractivity contribution in [1.29, 1.82) is 0 Å². The molecule has 1 aromatic rings. The lowest BCUT2D eigenvalue weighted by Gasteiger charge is -2.13. The van der Waals surface area contributed by atoms with Gasteiger partial charge in [-0.25, -0.2) is 5.01 Å². The molecule has 0 radical (unpaired) electrons. The average Bonchev–Trinajstić information content (AvgIpc) is 2.27. The van der Waals surface area contributed by atoms with E-state index in [0.29, 0.717) is 6.42 Å². The predicted molar refractivity (Wildman–Crippen MR) is 77.2 cm³/mol. The predicted octanol–water partition coefficient (Wildman–Crippen LogP) is 2.23. The molecular formula is C15H24N2O2. The molecule has 4 heteroatoms. The smallest absolute Gasteiger partial charge is 0.234 e. The van der Waals surface area contributed by atoms with E-state index in [1.165, 1.54) is 5.56 Å². The number of carbonyl (C=O) groups is 1. The van der Waals surface area contributed by atoms with Crippen molar-refractivity contribution in [2.45, 2.75) is 33.1 Å². The van der Waals surface area contributed by atoms with Crippen molar-refractivity contribution in [3.63, 3.8) is 0 Å². The van der Waals surface area contributed by atoms with E-state index in [9.17, 15) is 4.79 Å². The van der Waals surface area contributed by atoms with Gasteiger partial charge in [0.25, 0.3) is 0 Å². The van der Waals surface area contributed by atoms with Gasteiger partial charge in [-0.05, 0) is 43.4 Å². The van der Waals surface area contributed by atoms with Crippen LogP contribution in [0.2, 0.25) is 0 Å². The van der Waals surface area contributed by atoms with Crippen LogP contribution < -0.4 is 10.2 Å². The van der Waals surface area contributed by atoms with Crippen molar-refractivity contribution in [1.82, 2.24) is 10.4 Å². The average molecular weight is 264 g/mol. The molecule has 1 amide bonds. The molecule has 1 rings (SSSR count). The largest absolute Gasteiger partial charge is 0.496 e. The number of rotatable bonds is 6. The molecule has 0 saturated carbocycles. The van der Waals surface area contributed by atoms with Crippen LogP contribution in [0.5, 0.6) is 5.75 Å². The molecule has 0 bridgehead atoms. The first-order valence-corrected chi connectivity index (χ1v) is 6.55. The number of ether oxygens (including phenoxy) is 1. The van der Waals surface area contributed by atoms with E-state index in [0.717, 1.165) is 29.7 Å². The van der Waals surface area contributed by atoms with Crippen molar-refractivity contribution in [2.75, 3.05) is 21.2 Å². The highest BCUT2D eigenvalue weighted by Gasteiger charge is 2.06. The summed E-state index contributed by atoms with van der Waals surface area (Å²) in [5, 5.41) is 1.67. The van der Waals surface area contributed by atoms with Gasteiger partial charge in [0, 0.05) is 20.5 Å². The number of nitrogens with zero attached hydrogens (tertiary/aromatic N) is 1. The summed E-state index contributed by atoms with van der Waals surface area (Å²) in [6.07, 6.45) is 2.31. The number of nitrogens with one attached hydrogen (secondary N) is 1. The van der Waals surface area contributed by atoms with Crippen LogP contribution in [0, 0.1) is 13.8 Å². The Hall–Kier alpha value is -1.55. The van der Waals surface area contributed by atoms with E-state index in [-0.39, 0.29) is 5.91 Å². The Labute approximate surface area is 115 Å². The van der Waals surface area contributed by atoms with Gasteiger partial charge in [0.15, 0.2) is 0 Å². The fourth-order valence-corrected chi connectivity index (χ4v) is 2.26. The van der Waals surface area contributed by atoms with Gasteiger partial charge in [-0.2, -0.15) is 0 Å². The zero-order valence-electron chi connectivity index (χ0n) is 12.5. The summed E-state index contributed by atoms with van der Waals surface area (Å²) in [6, 6.07) is 4.27. The van der Waals surface area contributed by atoms with E-state index in [1.54, 1.807) is 12.1 Å². The van der Waals surface area contributed by atoms with E-state index >= 15 is 0 Å². The number of benzene rings is 1. The summed E-state index contributed by atoms with van der Waals surface area (Å²) in [7, 11) is 5.32. The van der Waals surface area contributed by atoms with Crippen molar-refractivity contribution < 1.29 is 9.53 Å². The zero-order chi connectivity index (χ0) is 14.4. The minimum absolute atomic E-state index is 0.0620. The summed E-state index contributed by atoms with van der Waals surface area (Å²) in [5.74, 6) is 1.01. The SMILES string of the molecule is COc1c(C)cc(CCCC(=O)NN(C)C)cc1C. The Morgan fingerprint density at radius 3 is 2.32 bits per heavy atom. The number of hydrogen-bond donors (Lipinski definition) is 1. The van der Waals surface area contributed by atoms with Crippen LogP contribution >= 0.6 is 0 Å². The first-order valence-electron chi connectivity index (χ1n) is 6.55. The number of carbonyl (C=O) groups excluding carboxylic acids is 1. The Kier molecular flexibility index (Phi) is 5.83. The van der Waals surface area contributed by atoms with Gasteiger partial charge in [0.2, 0.25) is 5.91 Å². The summed E-state index contributed by atoms with van der Waals surface area (Å²) in [6.45, 7) is 4.10.